The summed E-state index contributed by atoms with van der Waals surface area (Å²) in [5, 5.41) is 14.1. The molecule has 0 radical (unpaired) electrons. The lowest BCUT2D eigenvalue weighted by molar-refractivity contribution is 0.0954. The minimum atomic E-state index is -0.136. The number of benzene rings is 2. The van der Waals surface area contributed by atoms with Crippen LogP contribution >= 0.6 is 15.9 Å². The van der Waals surface area contributed by atoms with E-state index in [0.717, 1.165) is 21.3 Å². The number of ether oxygens (including phenoxy) is 2. The average molecular weight is 446 g/mol. The maximum absolute atomic E-state index is 12.5. The van der Waals surface area contributed by atoms with Crippen LogP contribution in [0, 0.1) is 6.92 Å². The van der Waals surface area contributed by atoms with E-state index in [-0.39, 0.29) is 5.91 Å². The van der Waals surface area contributed by atoms with Gasteiger partial charge in [-0.05, 0) is 65.2 Å². The number of aromatic nitrogens is 4. The van der Waals surface area contributed by atoms with Crippen LogP contribution in [0.4, 0.5) is 0 Å². The van der Waals surface area contributed by atoms with Gasteiger partial charge in [-0.1, -0.05) is 15.9 Å². The minimum absolute atomic E-state index is 0.136. The molecule has 1 amide bonds. The summed E-state index contributed by atoms with van der Waals surface area (Å²) in [5.41, 5.74) is 3.34. The van der Waals surface area contributed by atoms with Gasteiger partial charge in [0.2, 0.25) is 0 Å². The van der Waals surface area contributed by atoms with Gasteiger partial charge in [0.1, 0.15) is 6.33 Å². The normalized spacial score (nSPS) is 10.6. The number of aryl methyl sites for hydroxylation is 1. The van der Waals surface area contributed by atoms with Crippen molar-refractivity contribution in [1.29, 1.82) is 0 Å². The van der Waals surface area contributed by atoms with Crippen molar-refractivity contribution in [1.82, 2.24) is 25.5 Å². The lowest BCUT2D eigenvalue weighted by Gasteiger charge is -2.12. The number of methoxy groups -OCH3 is 2. The molecule has 0 aliphatic carbocycles. The molecule has 0 aliphatic rings. The molecule has 3 aromatic rings. The summed E-state index contributed by atoms with van der Waals surface area (Å²) in [7, 11) is 3.19. The van der Waals surface area contributed by atoms with E-state index in [0.29, 0.717) is 30.0 Å². The molecular formula is C19H20BrN5O3. The molecule has 0 spiro atoms. The van der Waals surface area contributed by atoms with Crippen molar-refractivity contribution >= 4 is 21.8 Å². The molecule has 0 saturated heterocycles. The van der Waals surface area contributed by atoms with Crippen LogP contribution in [0.2, 0.25) is 0 Å². The van der Waals surface area contributed by atoms with Crippen LogP contribution in [0.5, 0.6) is 11.5 Å². The number of rotatable bonds is 7. The first-order valence-electron chi connectivity index (χ1n) is 8.56. The number of nitrogens with zero attached hydrogens (tertiary/aromatic N) is 4. The van der Waals surface area contributed by atoms with E-state index < -0.39 is 0 Å². The van der Waals surface area contributed by atoms with E-state index >= 15 is 0 Å². The Balaban J connectivity index is 1.64. The Kier molecular flexibility index (Phi) is 6.25. The van der Waals surface area contributed by atoms with Crippen LogP contribution in [0.25, 0.3) is 5.69 Å². The van der Waals surface area contributed by atoms with Gasteiger partial charge in [0, 0.05) is 16.6 Å². The maximum Gasteiger partial charge on any atom is 0.251 e. The summed E-state index contributed by atoms with van der Waals surface area (Å²) in [6.45, 7) is 2.40. The number of nitrogens with one attached hydrogen (secondary N) is 1. The highest BCUT2D eigenvalue weighted by Crippen LogP contribution is 2.33. The Morgan fingerprint density at radius 2 is 1.93 bits per heavy atom. The highest BCUT2D eigenvalue weighted by molar-refractivity contribution is 9.10. The summed E-state index contributed by atoms with van der Waals surface area (Å²) < 4.78 is 13.1. The molecule has 8 nitrogen and oxygen atoms in total. The molecule has 0 bridgehead atoms. The van der Waals surface area contributed by atoms with Crippen molar-refractivity contribution in [2.24, 2.45) is 0 Å². The quantitative estimate of drug-likeness (QED) is 0.600. The summed E-state index contributed by atoms with van der Waals surface area (Å²) >= 11 is 3.53. The average Bonchev–Trinajstić information content (AvgIpc) is 3.23. The van der Waals surface area contributed by atoms with Gasteiger partial charge in [-0.3, -0.25) is 4.79 Å². The Labute approximate surface area is 171 Å². The lowest BCUT2D eigenvalue weighted by Crippen LogP contribution is -2.26. The molecule has 1 N–H and O–H groups in total. The van der Waals surface area contributed by atoms with E-state index in [9.17, 15) is 4.79 Å². The molecule has 0 aliphatic heterocycles. The van der Waals surface area contributed by atoms with E-state index in [2.05, 4.69) is 36.8 Å². The first-order valence-corrected chi connectivity index (χ1v) is 9.35. The summed E-state index contributed by atoms with van der Waals surface area (Å²) in [4.78, 5) is 12.5. The van der Waals surface area contributed by atoms with Crippen molar-refractivity contribution < 1.29 is 14.3 Å². The van der Waals surface area contributed by atoms with E-state index in [1.807, 2.05) is 31.2 Å². The zero-order valence-corrected chi connectivity index (χ0v) is 17.4. The lowest BCUT2D eigenvalue weighted by atomic mass is 10.1. The molecule has 0 saturated carbocycles. The molecule has 2 aromatic carbocycles. The SMILES string of the molecule is COc1cc(Br)c(CCNC(=O)c2ccc(-n3cnnn3)c(C)c2)cc1OC. The predicted octanol–water partition coefficient (Wildman–Crippen LogP) is 2.72. The zero-order valence-electron chi connectivity index (χ0n) is 15.8. The van der Waals surface area contributed by atoms with E-state index in [1.165, 1.54) is 6.33 Å². The third-order valence-electron chi connectivity index (χ3n) is 4.29. The number of carbonyl (C=O) groups is 1. The zero-order chi connectivity index (χ0) is 20.1. The first-order chi connectivity index (χ1) is 13.5. The minimum Gasteiger partial charge on any atom is -0.493 e. The standard InChI is InChI=1S/C19H20BrN5O3/c1-12-8-14(4-5-16(12)25-11-22-23-24-25)19(26)21-7-6-13-9-17(27-2)18(28-3)10-15(13)20/h4-5,8-11H,6-7H2,1-3H3,(H,21,26). The van der Waals surface area contributed by atoms with Gasteiger partial charge in [-0.2, -0.15) is 0 Å². The van der Waals surface area contributed by atoms with Crippen LogP contribution in [0.1, 0.15) is 21.5 Å². The summed E-state index contributed by atoms with van der Waals surface area (Å²) in [6.07, 6.45) is 2.16. The first kappa shape index (κ1) is 19.8. The second-order valence-electron chi connectivity index (χ2n) is 6.06. The van der Waals surface area contributed by atoms with Crippen molar-refractivity contribution in [3.63, 3.8) is 0 Å². The van der Waals surface area contributed by atoms with Crippen molar-refractivity contribution in [3.05, 3.63) is 57.8 Å². The molecule has 9 heteroatoms. The number of amides is 1. The summed E-state index contributed by atoms with van der Waals surface area (Å²) in [6, 6.07) is 9.16. The van der Waals surface area contributed by atoms with Crippen molar-refractivity contribution in [2.75, 3.05) is 20.8 Å². The van der Waals surface area contributed by atoms with Crippen molar-refractivity contribution in [2.45, 2.75) is 13.3 Å². The third-order valence-corrected chi connectivity index (χ3v) is 5.03. The number of hydrogen-bond donors (Lipinski definition) is 1. The van der Waals surface area contributed by atoms with Gasteiger partial charge >= 0.3 is 0 Å². The smallest absolute Gasteiger partial charge is 0.251 e. The Morgan fingerprint density at radius 1 is 1.18 bits per heavy atom. The van der Waals surface area contributed by atoms with Crippen LogP contribution in [0.3, 0.4) is 0 Å². The van der Waals surface area contributed by atoms with Gasteiger partial charge in [0.05, 0.1) is 19.9 Å². The van der Waals surface area contributed by atoms with E-state index in [1.54, 1.807) is 25.0 Å². The highest BCUT2D eigenvalue weighted by Gasteiger charge is 2.12. The van der Waals surface area contributed by atoms with E-state index in [4.69, 9.17) is 9.47 Å². The van der Waals surface area contributed by atoms with Gasteiger partial charge in [-0.25, -0.2) is 4.68 Å². The molecule has 1 heterocycles. The summed E-state index contributed by atoms with van der Waals surface area (Å²) in [5.74, 6) is 1.17. The van der Waals surface area contributed by atoms with Gasteiger partial charge in [-0.15, -0.1) is 5.10 Å². The topological polar surface area (TPSA) is 91.2 Å². The molecule has 0 unspecified atom stereocenters. The van der Waals surface area contributed by atoms with Crippen LogP contribution in [-0.4, -0.2) is 46.9 Å². The fourth-order valence-corrected chi connectivity index (χ4v) is 3.35. The second kappa shape index (κ2) is 8.83. The second-order valence-corrected chi connectivity index (χ2v) is 6.91. The highest BCUT2D eigenvalue weighted by atomic mass is 79.9. The number of carbonyl (C=O) groups excluding carboxylic acids is 1. The molecular weight excluding hydrogens is 426 g/mol. The Hall–Kier alpha value is -2.94. The van der Waals surface area contributed by atoms with Gasteiger partial charge in [0.25, 0.3) is 5.91 Å². The Bertz CT molecular complexity index is 976. The van der Waals surface area contributed by atoms with Gasteiger partial charge in [0.15, 0.2) is 11.5 Å². The predicted molar refractivity (Wildman–Crippen MR) is 107 cm³/mol. The molecule has 146 valence electrons. The van der Waals surface area contributed by atoms with Gasteiger partial charge < -0.3 is 14.8 Å². The molecule has 28 heavy (non-hydrogen) atoms. The van der Waals surface area contributed by atoms with Crippen LogP contribution in [0.15, 0.2) is 41.1 Å². The van der Waals surface area contributed by atoms with Crippen LogP contribution in [-0.2, 0) is 6.42 Å². The third kappa shape index (κ3) is 4.30. The fraction of sp³-hybridized carbons (Fsp3) is 0.263. The van der Waals surface area contributed by atoms with Crippen LogP contribution < -0.4 is 14.8 Å². The molecule has 0 fully saturated rings. The number of hydrogen-bond acceptors (Lipinski definition) is 6. The monoisotopic (exact) mass is 445 g/mol. The molecule has 3 rings (SSSR count). The maximum atomic E-state index is 12.5. The fourth-order valence-electron chi connectivity index (χ4n) is 2.83. The number of tetrazole rings is 1. The largest absolute Gasteiger partial charge is 0.493 e. The Morgan fingerprint density at radius 3 is 2.57 bits per heavy atom. The number of halogens is 1. The molecule has 0 atom stereocenters. The van der Waals surface area contributed by atoms with Crippen molar-refractivity contribution in [3.8, 4) is 17.2 Å². The molecule has 1 aromatic heterocycles.